The van der Waals surface area contributed by atoms with E-state index in [1.807, 2.05) is 11.9 Å². The molecule has 7 heteroatoms. The lowest BCUT2D eigenvalue weighted by Crippen LogP contribution is -2.44. The molecule has 25 heavy (non-hydrogen) atoms. The summed E-state index contributed by atoms with van der Waals surface area (Å²) in [7, 11) is 1.97. The van der Waals surface area contributed by atoms with Crippen LogP contribution in [-0.2, 0) is 11.2 Å². The second kappa shape index (κ2) is 8.21. The Balaban J connectivity index is 1.56. The van der Waals surface area contributed by atoms with Crippen molar-refractivity contribution in [3.05, 3.63) is 40.3 Å². The maximum atomic E-state index is 12.3. The number of likely N-dealkylation sites (tertiary alicyclic amines) is 1. The van der Waals surface area contributed by atoms with Gasteiger partial charge in [-0.15, -0.1) is 0 Å². The van der Waals surface area contributed by atoms with E-state index in [1.165, 1.54) is 0 Å². The summed E-state index contributed by atoms with van der Waals surface area (Å²) in [6.07, 6.45) is 4.52. The third-order valence-electron chi connectivity index (χ3n) is 4.56. The number of carbonyl (C=O) groups excluding carboxylic acids is 1. The number of nitrogens with one attached hydrogen (secondary N) is 1. The Bertz CT molecular complexity index is 740. The van der Waals surface area contributed by atoms with Crippen LogP contribution in [0.15, 0.2) is 28.8 Å². The van der Waals surface area contributed by atoms with Gasteiger partial charge in [-0.1, -0.05) is 23.2 Å². The van der Waals surface area contributed by atoms with Crippen LogP contribution in [0.1, 0.15) is 25.2 Å². The Kier molecular flexibility index (Phi) is 5.99. The van der Waals surface area contributed by atoms with E-state index in [1.54, 1.807) is 24.4 Å². The molecule has 1 aliphatic rings. The van der Waals surface area contributed by atoms with Gasteiger partial charge in [-0.3, -0.25) is 4.79 Å². The van der Waals surface area contributed by atoms with Gasteiger partial charge < -0.3 is 14.6 Å². The van der Waals surface area contributed by atoms with Crippen molar-refractivity contribution in [2.45, 2.75) is 31.7 Å². The van der Waals surface area contributed by atoms with E-state index in [-0.39, 0.29) is 5.91 Å². The molecular formula is C18H21Cl2N3O2. The Labute approximate surface area is 157 Å². The van der Waals surface area contributed by atoms with Crippen molar-refractivity contribution in [1.29, 1.82) is 0 Å². The fourth-order valence-electron chi connectivity index (χ4n) is 3.03. The molecule has 0 atom stereocenters. The van der Waals surface area contributed by atoms with E-state index in [4.69, 9.17) is 27.6 Å². The smallest absolute Gasteiger partial charge is 0.223 e. The zero-order valence-corrected chi connectivity index (χ0v) is 15.6. The Morgan fingerprint density at radius 1 is 1.36 bits per heavy atom. The number of oxazole rings is 1. The predicted octanol–water partition coefficient (Wildman–Crippen LogP) is 3.79. The molecule has 0 unspecified atom stereocenters. The van der Waals surface area contributed by atoms with Crippen molar-refractivity contribution in [3.63, 3.8) is 0 Å². The van der Waals surface area contributed by atoms with Crippen molar-refractivity contribution in [1.82, 2.24) is 15.2 Å². The van der Waals surface area contributed by atoms with Crippen molar-refractivity contribution >= 4 is 29.1 Å². The minimum absolute atomic E-state index is 0.152. The highest BCUT2D eigenvalue weighted by Gasteiger charge is 2.22. The van der Waals surface area contributed by atoms with Crippen LogP contribution in [0.4, 0.5) is 0 Å². The molecule has 3 rings (SSSR count). The van der Waals surface area contributed by atoms with E-state index in [0.717, 1.165) is 31.5 Å². The molecule has 1 aliphatic heterocycles. The quantitative estimate of drug-likeness (QED) is 0.855. The van der Waals surface area contributed by atoms with Crippen molar-refractivity contribution in [3.8, 4) is 11.3 Å². The van der Waals surface area contributed by atoms with Gasteiger partial charge in [0.25, 0.3) is 0 Å². The third-order valence-corrected chi connectivity index (χ3v) is 5.11. The van der Waals surface area contributed by atoms with Crippen LogP contribution in [0.2, 0.25) is 10.0 Å². The van der Waals surface area contributed by atoms with Gasteiger partial charge in [0.15, 0.2) is 11.7 Å². The molecule has 1 aromatic heterocycles. The molecule has 134 valence electrons. The topological polar surface area (TPSA) is 58.4 Å². The average molecular weight is 382 g/mol. The van der Waals surface area contributed by atoms with Crippen molar-refractivity contribution < 1.29 is 9.21 Å². The second-order valence-electron chi connectivity index (χ2n) is 6.19. The number of aromatic nitrogens is 1. The van der Waals surface area contributed by atoms with E-state index in [2.05, 4.69) is 10.3 Å². The van der Waals surface area contributed by atoms with Crippen LogP contribution >= 0.6 is 23.2 Å². The van der Waals surface area contributed by atoms with Gasteiger partial charge in [0, 0.05) is 42.6 Å². The summed E-state index contributed by atoms with van der Waals surface area (Å²) in [6.45, 7) is 1.61. The van der Waals surface area contributed by atoms with E-state index < -0.39 is 0 Å². The monoisotopic (exact) mass is 381 g/mol. The van der Waals surface area contributed by atoms with Gasteiger partial charge in [-0.25, -0.2) is 4.98 Å². The summed E-state index contributed by atoms with van der Waals surface area (Å²) < 4.78 is 5.74. The van der Waals surface area contributed by atoms with Crippen LogP contribution in [0, 0.1) is 0 Å². The summed E-state index contributed by atoms with van der Waals surface area (Å²) in [5.74, 6) is 1.28. The molecule has 1 N–H and O–H groups in total. The molecular weight excluding hydrogens is 361 g/mol. The highest BCUT2D eigenvalue weighted by molar-refractivity contribution is 6.36. The van der Waals surface area contributed by atoms with E-state index >= 15 is 0 Å². The first-order chi connectivity index (χ1) is 12.1. The molecule has 1 amide bonds. The molecule has 0 saturated carbocycles. The van der Waals surface area contributed by atoms with E-state index in [0.29, 0.717) is 40.6 Å². The lowest BCUT2D eigenvalue weighted by Gasteiger charge is -2.31. The number of benzene rings is 1. The van der Waals surface area contributed by atoms with E-state index in [9.17, 15) is 4.79 Å². The molecule has 1 fully saturated rings. The maximum Gasteiger partial charge on any atom is 0.223 e. The second-order valence-corrected chi connectivity index (χ2v) is 7.03. The summed E-state index contributed by atoms with van der Waals surface area (Å²) in [5, 5.41) is 4.35. The number of nitrogens with zero attached hydrogens (tertiary/aromatic N) is 2. The Morgan fingerprint density at radius 3 is 2.80 bits per heavy atom. The standard InChI is InChI=1S/C18H21Cl2N3O2/c1-21-13-6-8-23(9-7-13)18(24)5-4-17-22-11-16(25-17)14-3-2-12(19)10-15(14)20/h2-3,10-11,13,21H,4-9H2,1H3. The lowest BCUT2D eigenvalue weighted by molar-refractivity contribution is -0.132. The largest absolute Gasteiger partial charge is 0.441 e. The van der Waals surface area contributed by atoms with Gasteiger partial charge in [0.1, 0.15) is 0 Å². The molecule has 0 bridgehead atoms. The van der Waals surface area contributed by atoms with Gasteiger partial charge in [-0.2, -0.15) is 0 Å². The number of carbonyl (C=O) groups is 1. The fraction of sp³-hybridized carbons (Fsp3) is 0.444. The number of aryl methyl sites for hydroxylation is 1. The summed E-state index contributed by atoms with van der Waals surface area (Å²) in [6, 6.07) is 5.73. The minimum Gasteiger partial charge on any atom is -0.441 e. The number of piperidine rings is 1. The first-order valence-electron chi connectivity index (χ1n) is 8.42. The van der Waals surface area contributed by atoms with Crippen molar-refractivity contribution in [2.75, 3.05) is 20.1 Å². The fourth-order valence-corrected chi connectivity index (χ4v) is 3.53. The third kappa shape index (κ3) is 4.54. The molecule has 0 aliphatic carbocycles. The number of rotatable bonds is 5. The van der Waals surface area contributed by atoms with Crippen LogP contribution < -0.4 is 5.32 Å². The highest BCUT2D eigenvalue weighted by Crippen LogP contribution is 2.30. The van der Waals surface area contributed by atoms with Gasteiger partial charge >= 0.3 is 0 Å². The Hall–Kier alpha value is -1.56. The number of halogens is 2. The van der Waals surface area contributed by atoms with Gasteiger partial charge in [-0.05, 0) is 38.1 Å². The zero-order valence-electron chi connectivity index (χ0n) is 14.1. The molecule has 2 heterocycles. The van der Waals surface area contributed by atoms with Crippen LogP contribution in [0.5, 0.6) is 0 Å². The average Bonchev–Trinajstić information content (AvgIpc) is 3.08. The van der Waals surface area contributed by atoms with Crippen LogP contribution in [0.25, 0.3) is 11.3 Å². The lowest BCUT2D eigenvalue weighted by atomic mass is 10.0. The summed E-state index contributed by atoms with van der Waals surface area (Å²) in [4.78, 5) is 18.5. The van der Waals surface area contributed by atoms with Gasteiger partial charge in [0.2, 0.25) is 5.91 Å². The number of hydrogen-bond acceptors (Lipinski definition) is 4. The number of amides is 1. The van der Waals surface area contributed by atoms with Crippen LogP contribution in [0.3, 0.4) is 0 Å². The predicted molar refractivity (Wildman–Crippen MR) is 98.9 cm³/mol. The number of hydrogen-bond donors (Lipinski definition) is 1. The summed E-state index contributed by atoms with van der Waals surface area (Å²) in [5.41, 5.74) is 0.741. The highest BCUT2D eigenvalue weighted by atomic mass is 35.5. The molecule has 0 radical (unpaired) electrons. The first kappa shape index (κ1) is 18.2. The van der Waals surface area contributed by atoms with Gasteiger partial charge in [0.05, 0.1) is 11.2 Å². The molecule has 0 spiro atoms. The summed E-state index contributed by atoms with van der Waals surface area (Å²) >= 11 is 12.1. The zero-order chi connectivity index (χ0) is 17.8. The normalized spacial score (nSPS) is 15.6. The van der Waals surface area contributed by atoms with Crippen molar-refractivity contribution in [2.24, 2.45) is 0 Å². The minimum atomic E-state index is 0.152. The molecule has 2 aromatic rings. The molecule has 5 nitrogen and oxygen atoms in total. The SMILES string of the molecule is CNC1CCN(C(=O)CCc2ncc(-c3ccc(Cl)cc3Cl)o2)CC1. The molecule has 1 aromatic carbocycles. The van der Waals surface area contributed by atoms with Crippen LogP contribution in [-0.4, -0.2) is 42.0 Å². The first-order valence-corrected chi connectivity index (χ1v) is 9.17. The maximum absolute atomic E-state index is 12.3. The molecule has 1 saturated heterocycles. The Morgan fingerprint density at radius 2 is 2.12 bits per heavy atom.